The second-order valence-electron chi connectivity index (χ2n) is 6.48. The number of allylic oxidation sites excluding steroid dienone is 4. The van der Waals surface area contributed by atoms with Crippen LogP contribution in [0.3, 0.4) is 0 Å². The average molecular weight is 329 g/mol. The van der Waals surface area contributed by atoms with Crippen molar-refractivity contribution in [2.45, 2.75) is 33.4 Å². The summed E-state index contributed by atoms with van der Waals surface area (Å²) in [5, 5.41) is 12.6. The molecular formula is C20H21F2NO. The van der Waals surface area contributed by atoms with Crippen LogP contribution in [-0.2, 0) is 6.61 Å². The summed E-state index contributed by atoms with van der Waals surface area (Å²) in [6, 6.07) is 3.82. The molecular weight excluding hydrogens is 308 g/mol. The first kappa shape index (κ1) is 16.7. The number of nitrogens with one attached hydrogen (secondary N) is 1. The van der Waals surface area contributed by atoms with Gasteiger partial charge in [-0.05, 0) is 53.5 Å². The Hall–Kier alpha value is -2.20. The molecule has 1 heterocycles. The van der Waals surface area contributed by atoms with E-state index in [4.69, 9.17) is 0 Å². The zero-order valence-corrected chi connectivity index (χ0v) is 14.0. The molecule has 24 heavy (non-hydrogen) atoms. The molecule has 0 aromatic heterocycles. The van der Waals surface area contributed by atoms with Gasteiger partial charge in [0.15, 0.2) is 0 Å². The highest BCUT2D eigenvalue weighted by Gasteiger charge is 2.32. The van der Waals surface area contributed by atoms with Crippen molar-refractivity contribution in [3.63, 3.8) is 0 Å². The van der Waals surface area contributed by atoms with Crippen molar-refractivity contribution >= 4 is 5.57 Å². The summed E-state index contributed by atoms with van der Waals surface area (Å²) in [7, 11) is 0. The molecule has 126 valence electrons. The predicted octanol–water partition coefficient (Wildman–Crippen LogP) is 4.40. The van der Waals surface area contributed by atoms with Crippen LogP contribution in [0, 0.1) is 11.7 Å². The maximum atomic E-state index is 15.3. The molecule has 2 N–H and O–H groups in total. The maximum absolute atomic E-state index is 15.3. The van der Waals surface area contributed by atoms with Crippen molar-refractivity contribution in [3.05, 3.63) is 76.0 Å². The van der Waals surface area contributed by atoms with Gasteiger partial charge in [-0.3, -0.25) is 0 Å². The standard InChI is InChI=1S/C20H21F2NO/c1-11(2)14-7-8-23-20-15(14)9-12(3)17(19(20)22)18-13(10-24)5-4-6-16(18)21/h4-9,11,20,23-24H,10H2,1-3H3. The second-order valence-corrected chi connectivity index (χ2v) is 6.48. The summed E-state index contributed by atoms with van der Waals surface area (Å²) >= 11 is 0. The average Bonchev–Trinajstić information content (AvgIpc) is 2.55. The van der Waals surface area contributed by atoms with E-state index in [0.29, 0.717) is 11.1 Å². The number of fused-ring (bicyclic) bond motifs is 1. The Kier molecular flexibility index (Phi) is 4.41. The molecule has 1 atom stereocenters. The number of aliphatic hydroxyl groups is 1. The monoisotopic (exact) mass is 329 g/mol. The summed E-state index contributed by atoms with van der Waals surface area (Å²) in [4.78, 5) is 0. The predicted molar refractivity (Wildman–Crippen MR) is 92.0 cm³/mol. The minimum Gasteiger partial charge on any atom is -0.392 e. The van der Waals surface area contributed by atoms with Crippen LogP contribution in [0.25, 0.3) is 5.57 Å². The summed E-state index contributed by atoms with van der Waals surface area (Å²) in [5.41, 5.74) is 3.38. The number of dihydropyridines is 1. The second kappa shape index (κ2) is 6.36. The lowest BCUT2D eigenvalue weighted by Gasteiger charge is -2.31. The summed E-state index contributed by atoms with van der Waals surface area (Å²) in [6.45, 7) is 5.57. The van der Waals surface area contributed by atoms with Crippen LogP contribution in [0.2, 0.25) is 0 Å². The quantitative estimate of drug-likeness (QED) is 0.862. The van der Waals surface area contributed by atoms with Crippen molar-refractivity contribution in [1.29, 1.82) is 0 Å². The van der Waals surface area contributed by atoms with Crippen LogP contribution in [-0.4, -0.2) is 11.1 Å². The Labute approximate surface area is 140 Å². The lowest BCUT2D eigenvalue weighted by Crippen LogP contribution is -2.33. The molecule has 1 unspecified atom stereocenters. The maximum Gasteiger partial charge on any atom is 0.135 e. The number of rotatable bonds is 3. The Morgan fingerprint density at radius 2 is 2.00 bits per heavy atom. The lowest BCUT2D eigenvalue weighted by atomic mass is 9.80. The minimum absolute atomic E-state index is 0.146. The first-order valence-corrected chi connectivity index (χ1v) is 8.09. The Bertz CT molecular complexity index is 800. The molecule has 0 amide bonds. The van der Waals surface area contributed by atoms with E-state index in [0.717, 1.165) is 11.1 Å². The fourth-order valence-electron chi connectivity index (χ4n) is 3.42. The highest BCUT2D eigenvalue weighted by Crippen LogP contribution is 2.41. The van der Waals surface area contributed by atoms with Gasteiger partial charge < -0.3 is 10.4 Å². The van der Waals surface area contributed by atoms with E-state index in [1.54, 1.807) is 19.2 Å². The van der Waals surface area contributed by atoms with Crippen LogP contribution < -0.4 is 5.32 Å². The smallest absolute Gasteiger partial charge is 0.135 e. The summed E-state index contributed by atoms with van der Waals surface area (Å²) in [6.07, 6.45) is 5.62. The number of hydrogen-bond acceptors (Lipinski definition) is 2. The highest BCUT2D eigenvalue weighted by molar-refractivity contribution is 5.86. The number of aliphatic hydroxyl groups excluding tert-OH is 1. The Balaban J connectivity index is 2.22. The minimum atomic E-state index is -0.614. The molecule has 1 aliphatic heterocycles. The zero-order valence-electron chi connectivity index (χ0n) is 14.0. The molecule has 3 rings (SSSR count). The van der Waals surface area contributed by atoms with Gasteiger partial charge in [-0.15, -0.1) is 0 Å². The molecule has 4 heteroatoms. The first-order chi connectivity index (χ1) is 11.5. The van der Waals surface area contributed by atoms with Gasteiger partial charge in [-0.1, -0.05) is 32.1 Å². The van der Waals surface area contributed by atoms with Crippen molar-refractivity contribution in [3.8, 4) is 0 Å². The molecule has 1 aromatic rings. The van der Waals surface area contributed by atoms with Gasteiger partial charge in [0.05, 0.1) is 6.61 Å². The topological polar surface area (TPSA) is 32.3 Å². The molecule has 0 saturated carbocycles. The number of hydrogen-bond donors (Lipinski definition) is 2. The molecule has 0 bridgehead atoms. The van der Waals surface area contributed by atoms with Crippen LogP contribution >= 0.6 is 0 Å². The molecule has 0 radical (unpaired) electrons. The van der Waals surface area contributed by atoms with Gasteiger partial charge in [0.1, 0.15) is 17.7 Å². The molecule has 2 aliphatic rings. The largest absolute Gasteiger partial charge is 0.392 e. The van der Waals surface area contributed by atoms with Crippen molar-refractivity contribution in [1.82, 2.24) is 5.32 Å². The number of benzene rings is 1. The Morgan fingerprint density at radius 3 is 2.67 bits per heavy atom. The molecule has 0 spiro atoms. The van der Waals surface area contributed by atoms with Crippen LogP contribution in [0.4, 0.5) is 8.78 Å². The third kappa shape index (κ3) is 2.61. The van der Waals surface area contributed by atoms with E-state index in [9.17, 15) is 9.50 Å². The molecule has 1 aliphatic carbocycles. The van der Waals surface area contributed by atoms with Crippen LogP contribution in [0.5, 0.6) is 0 Å². The van der Waals surface area contributed by atoms with E-state index in [1.165, 1.54) is 12.1 Å². The van der Waals surface area contributed by atoms with E-state index in [1.807, 2.05) is 12.2 Å². The molecule has 0 saturated heterocycles. The van der Waals surface area contributed by atoms with Crippen LogP contribution in [0.15, 0.2) is 59.1 Å². The van der Waals surface area contributed by atoms with Gasteiger partial charge in [0, 0.05) is 11.1 Å². The van der Waals surface area contributed by atoms with Gasteiger partial charge in [0.2, 0.25) is 0 Å². The summed E-state index contributed by atoms with van der Waals surface area (Å²) in [5.74, 6) is -0.671. The van der Waals surface area contributed by atoms with Gasteiger partial charge in [-0.25, -0.2) is 8.78 Å². The van der Waals surface area contributed by atoms with Gasteiger partial charge >= 0.3 is 0 Å². The van der Waals surface area contributed by atoms with E-state index in [-0.39, 0.29) is 23.7 Å². The third-order valence-electron chi connectivity index (χ3n) is 4.57. The molecule has 2 nitrogen and oxygen atoms in total. The fourth-order valence-corrected chi connectivity index (χ4v) is 3.42. The third-order valence-corrected chi connectivity index (χ3v) is 4.57. The van der Waals surface area contributed by atoms with Crippen molar-refractivity contribution in [2.75, 3.05) is 0 Å². The van der Waals surface area contributed by atoms with E-state index >= 15 is 4.39 Å². The normalized spacial score (nSPS) is 20.3. The van der Waals surface area contributed by atoms with Crippen LogP contribution in [0.1, 0.15) is 31.9 Å². The van der Waals surface area contributed by atoms with E-state index in [2.05, 4.69) is 19.2 Å². The van der Waals surface area contributed by atoms with Gasteiger partial charge in [-0.2, -0.15) is 0 Å². The Morgan fingerprint density at radius 1 is 1.25 bits per heavy atom. The first-order valence-electron chi connectivity index (χ1n) is 8.09. The molecule has 0 fully saturated rings. The van der Waals surface area contributed by atoms with E-state index < -0.39 is 17.7 Å². The zero-order chi connectivity index (χ0) is 17.4. The fraction of sp³-hybridized carbons (Fsp3) is 0.300. The summed E-state index contributed by atoms with van der Waals surface area (Å²) < 4.78 is 29.7. The molecule has 1 aromatic carbocycles. The van der Waals surface area contributed by atoms with Crippen molar-refractivity contribution in [2.24, 2.45) is 5.92 Å². The lowest BCUT2D eigenvalue weighted by molar-refractivity contribution is 0.281. The van der Waals surface area contributed by atoms with Crippen molar-refractivity contribution < 1.29 is 13.9 Å². The highest BCUT2D eigenvalue weighted by atomic mass is 19.1. The SMILES string of the molecule is CC1=CC2=C(C(C)C)C=CNC2C(F)=C1c1c(F)cccc1CO. The number of halogens is 2. The van der Waals surface area contributed by atoms with Gasteiger partial charge in [0.25, 0.3) is 0 Å².